The molecule has 0 radical (unpaired) electrons. The molecule has 122 valence electrons. The highest BCUT2D eigenvalue weighted by molar-refractivity contribution is 5.78. The molecule has 0 spiro atoms. The van der Waals surface area contributed by atoms with Crippen molar-refractivity contribution in [2.75, 3.05) is 13.7 Å². The second-order valence-corrected chi connectivity index (χ2v) is 5.59. The molecule has 2 rings (SSSR count). The topological polar surface area (TPSA) is 38.3 Å². The van der Waals surface area contributed by atoms with Gasteiger partial charge in [0, 0.05) is 12.6 Å². The number of hydrogen-bond donors (Lipinski definition) is 1. The van der Waals surface area contributed by atoms with Gasteiger partial charge in [-0.1, -0.05) is 31.0 Å². The van der Waals surface area contributed by atoms with Crippen LogP contribution in [0.3, 0.4) is 0 Å². The number of alkyl halides is 3. The summed E-state index contributed by atoms with van der Waals surface area (Å²) in [5, 5.41) is 3.27. The first-order valence-corrected chi connectivity index (χ1v) is 7.40. The molecule has 3 nitrogen and oxygen atoms in total. The predicted molar refractivity (Wildman–Crippen MR) is 76.5 cm³/mol. The van der Waals surface area contributed by atoms with Crippen LogP contribution in [0.15, 0.2) is 24.3 Å². The molecule has 1 aliphatic rings. The van der Waals surface area contributed by atoms with Gasteiger partial charge in [0.05, 0.1) is 18.6 Å². The largest absolute Gasteiger partial charge is 0.469 e. The molecule has 1 aromatic rings. The lowest BCUT2D eigenvalue weighted by molar-refractivity contribution is -0.143. The van der Waals surface area contributed by atoms with Crippen molar-refractivity contribution in [2.24, 2.45) is 0 Å². The van der Waals surface area contributed by atoms with Crippen molar-refractivity contribution in [3.05, 3.63) is 35.4 Å². The van der Waals surface area contributed by atoms with Crippen molar-refractivity contribution in [1.82, 2.24) is 5.32 Å². The molecule has 1 N–H and O–H groups in total. The number of esters is 1. The van der Waals surface area contributed by atoms with Crippen LogP contribution in [0.25, 0.3) is 0 Å². The molecule has 0 aromatic heterocycles. The molecule has 1 unspecified atom stereocenters. The highest BCUT2D eigenvalue weighted by Gasteiger charge is 2.32. The lowest BCUT2D eigenvalue weighted by atomic mass is 9.96. The molecule has 0 amide bonds. The van der Waals surface area contributed by atoms with Crippen molar-refractivity contribution in [3.8, 4) is 0 Å². The van der Waals surface area contributed by atoms with Crippen molar-refractivity contribution in [2.45, 2.75) is 43.8 Å². The number of nitrogens with one attached hydrogen (secondary N) is 1. The average molecular weight is 315 g/mol. The Morgan fingerprint density at radius 1 is 1.36 bits per heavy atom. The smallest absolute Gasteiger partial charge is 0.416 e. The Hall–Kier alpha value is -1.56. The fraction of sp³-hybridized carbons (Fsp3) is 0.562. The number of halogens is 3. The molecule has 0 heterocycles. The third kappa shape index (κ3) is 4.22. The first kappa shape index (κ1) is 16.8. The number of hydrogen-bond acceptors (Lipinski definition) is 3. The Balaban J connectivity index is 2.15. The van der Waals surface area contributed by atoms with E-state index in [0.717, 1.165) is 37.8 Å². The van der Waals surface area contributed by atoms with Crippen LogP contribution < -0.4 is 5.32 Å². The molecular weight excluding hydrogens is 295 g/mol. The number of rotatable bonds is 5. The van der Waals surface area contributed by atoms with E-state index in [1.54, 1.807) is 0 Å². The number of carbonyl (C=O) groups is 1. The lowest BCUT2D eigenvalue weighted by Gasteiger charge is -2.20. The second kappa shape index (κ2) is 7.13. The molecule has 0 aliphatic heterocycles. The quantitative estimate of drug-likeness (QED) is 0.845. The SMILES string of the molecule is COC(=O)C(CNC1CCCC1)c1cccc(C(F)(F)F)c1. The normalized spacial score (nSPS) is 17.5. The summed E-state index contributed by atoms with van der Waals surface area (Å²) in [6, 6.07) is 5.22. The molecule has 0 saturated heterocycles. The van der Waals surface area contributed by atoms with Crippen LogP contribution in [0, 0.1) is 0 Å². The minimum atomic E-state index is -4.42. The van der Waals surface area contributed by atoms with Gasteiger partial charge in [0.15, 0.2) is 0 Å². The molecule has 6 heteroatoms. The van der Waals surface area contributed by atoms with Crippen molar-refractivity contribution in [3.63, 3.8) is 0 Å². The van der Waals surface area contributed by atoms with E-state index >= 15 is 0 Å². The summed E-state index contributed by atoms with van der Waals surface area (Å²) in [7, 11) is 1.25. The van der Waals surface area contributed by atoms with Gasteiger partial charge in [-0.05, 0) is 24.5 Å². The summed E-state index contributed by atoms with van der Waals surface area (Å²) in [5.41, 5.74) is -0.424. The van der Waals surface area contributed by atoms with Crippen LogP contribution in [0.2, 0.25) is 0 Å². The molecule has 1 fully saturated rings. The second-order valence-electron chi connectivity index (χ2n) is 5.59. The van der Waals surface area contributed by atoms with E-state index in [4.69, 9.17) is 4.74 Å². The van der Waals surface area contributed by atoms with Crippen molar-refractivity contribution in [1.29, 1.82) is 0 Å². The van der Waals surface area contributed by atoms with E-state index in [0.29, 0.717) is 18.2 Å². The van der Waals surface area contributed by atoms with Crippen LogP contribution in [-0.2, 0) is 15.7 Å². The van der Waals surface area contributed by atoms with E-state index in [2.05, 4.69) is 5.32 Å². The van der Waals surface area contributed by atoms with Gasteiger partial charge in [0.2, 0.25) is 0 Å². The molecule has 1 aromatic carbocycles. The Kier molecular flexibility index (Phi) is 5.45. The molecule has 1 aliphatic carbocycles. The van der Waals surface area contributed by atoms with Crippen LogP contribution in [0.1, 0.15) is 42.7 Å². The Labute approximate surface area is 127 Å². The zero-order valence-electron chi connectivity index (χ0n) is 12.5. The maximum atomic E-state index is 12.8. The van der Waals surface area contributed by atoms with Crippen LogP contribution in [0.5, 0.6) is 0 Å². The van der Waals surface area contributed by atoms with Gasteiger partial charge in [0.25, 0.3) is 0 Å². The van der Waals surface area contributed by atoms with E-state index in [-0.39, 0.29) is 0 Å². The summed E-state index contributed by atoms with van der Waals surface area (Å²) in [6.07, 6.45) is -0.0588. The first-order valence-electron chi connectivity index (χ1n) is 7.40. The zero-order chi connectivity index (χ0) is 16.2. The summed E-state index contributed by atoms with van der Waals surface area (Å²) in [6.45, 7) is 0.290. The van der Waals surface area contributed by atoms with E-state index in [9.17, 15) is 18.0 Å². The average Bonchev–Trinajstić information content (AvgIpc) is 3.00. The number of ether oxygens (including phenoxy) is 1. The fourth-order valence-corrected chi connectivity index (χ4v) is 2.83. The van der Waals surface area contributed by atoms with Gasteiger partial charge in [-0.25, -0.2) is 0 Å². The van der Waals surface area contributed by atoms with Crippen LogP contribution >= 0.6 is 0 Å². The van der Waals surface area contributed by atoms with Crippen molar-refractivity contribution >= 4 is 5.97 Å². The summed E-state index contributed by atoms with van der Waals surface area (Å²) < 4.78 is 43.2. The first-order chi connectivity index (χ1) is 10.4. The lowest BCUT2D eigenvalue weighted by Crippen LogP contribution is -2.34. The van der Waals surface area contributed by atoms with Gasteiger partial charge in [0.1, 0.15) is 0 Å². The standard InChI is InChI=1S/C16H20F3NO2/c1-22-15(21)14(10-20-13-7-2-3-8-13)11-5-4-6-12(9-11)16(17,18)19/h4-6,9,13-14,20H,2-3,7-8,10H2,1H3. The third-order valence-electron chi connectivity index (χ3n) is 4.07. The highest BCUT2D eigenvalue weighted by atomic mass is 19.4. The van der Waals surface area contributed by atoms with Gasteiger partial charge in [-0.15, -0.1) is 0 Å². The summed E-state index contributed by atoms with van der Waals surface area (Å²) in [4.78, 5) is 11.9. The molecular formula is C16H20F3NO2. The fourth-order valence-electron chi connectivity index (χ4n) is 2.83. The van der Waals surface area contributed by atoms with E-state index in [1.165, 1.54) is 19.2 Å². The Morgan fingerprint density at radius 3 is 2.64 bits per heavy atom. The maximum Gasteiger partial charge on any atom is 0.416 e. The minimum absolute atomic E-state index is 0.290. The van der Waals surface area contributed by atoms with Gasteiger partial charge >= 0.3 is 12.1 Å². The summed E-state index contributed by atoms with van der Waals surface area (Å²) >= 11 is 0. The van der Waals surface area contributed by atoms with E-state index < -0.39 is 23.6 Å². The zero-order valence-corrected chi connectivity index (χ0v) is 12.5. The van der Waals surface area contributed by atoms with Gasteiger partial charge in [-0.3, -0.25) is 4.79 Å². The van der Waals surface area contributed by atoms with Gasteiger partial charge < -0.3 is 10.1 Å². The number of carbonyl (C=O) groups excluding carboxylic acids is 1. The highest BCUT2D eigenvalue weighted by Crippen LogP contribution is 2.31. The van der Waals surface area contributed by atoms with Crippen LogP contribution in [0.4, 0.5) is 13.2 Å². The van der Waals surface area contributed by atoms with E-state index in [1.807, 2.05) is 0 Å². The number of methoxy groups -OCH3 is 1. The Bertz CT molecular complexity index is 510. The Morgan fingerprint density at radius 2 is 2.05 bits per heavy atom. The maximum absolute atomic E-state index is 12.8. The predicted octanol–water partition coefficient (Wildman–Crippen LogP) is 3.49. The van der Waals surface area contributed by atoms with Crippen molar-refractivity contribution < 1.29 is 22.7 Å². The molecule has 0 bridgehead atoms. The molecule has 1 atom stereocenters. The summed E-state index contributed by atoms with van der Waals surface area (Å²) in [5.74, 6) is -1.25. The van der Waals surface area contributed by atoms with Gasteiger partial charge in [-0.2, -0.15) is 13.2 Å². The minimum Gasteiger partial charge on any atom is -0.469 e. The molecule has 1 saturated carbocycles. The molecule has 22 heavy (non-hydrogen) atoms. The third-order valence-corrected chi connectivity index (χ3v) is 4.07. The number of benzene rings is 1. The van der Waals surface area contributed by atoms with Crippen LogP contribution in [-0.4, -0.2) is 25.7 Å². The monoisotopic (exact) mass is 315 g/mol.